The number of hydrogen-bond donors (Lipinski definition) is 4. The highest BCUT2D eigenvalue weighted by Crippen LogP contribution is 2.49. The molecule has 1 saturated heterocycles. The van der Waals surface area contributed by atoms with Gasteiger partial charge >= 0.3 is 0 Å². The third-order valence-corrected chi connectivity index (χ3v) is 8.74. The molecule has 2 amide bonds. The zero-order chi connectivity index (χ0) is 31.4. The fourth-order valence-electron chi connectivity index (χ4n) is 6.20. The van der Waals surface area contributed by atoms with Gasteiger partial charge in [0.1, 0.15) is 0 Å². The maximum atomic E-state index is 14.0. The minimum Gasteiger partial charge on any atom is -0.395 e. The van der Waals surface area contributed by atoms with Gasteiger partial charge in [-0.3, -0.25) is 19.2 Å². The van der Waals surface area contributed by atoms with Crippen molar-refractivity contribution in [1.29, 1.82) is 0 Å². The lowest BCUT2D eigenvalue weighted by Gasteiger charge is -2.28. The van der Waals surface area contributed by atoms with Crippen molar-refractivity contribution in [2.45, 2.75) is 50.3 Å². The van der Waals surface area contributed by atoms with Gasteiger partial charge < -0.3 is 20.8 Å². The minimum absolute atomic E-state index is 0.0723. The summed E-state index contributed by atoms with van der Waals surface area (Å²) < 4.78 is 1.73. The SMILES string of the molecule is C[C@@H](/C=C/CCn1cc(C(CO)c2ccccc2)nn1)[C@]1(O)C(=O)N(c2ccccc2)c2ccc(NC(=O)[C@H]3CCCN3)cc21. The van der Waals surface area contributed by atoms with Gasteiger partial charge in [-0.2, -0.15) is 0 Å². The smallest absolute Gasteiger partial charge is 0.268 e. The van der Waals surface area contributed by atoms with E-state index < -0.39 is 17.4 Å². The van der Waals surface area contributed by atoms with E-state index in [-0.39, 0.29) is 24.5 Å². The van der Waals surface area contributed by atoms with Crippen molar-refractivity contribution in [3.8, 4) is 0 Å². The average molecular weight is 607 g/mol. The normalized spacial score (nSPS) is 20.8. The number of anilines is 3. The van der Waals surface area contributed by atoms with Crippen LogP contribution >= 0.6 is 0 Å². The predicted molar refractivity (Wildman–Crippen MR) is 172 cm³/mol. The highest BCUT2D eigenvalue weighted by Gasteiger charge is 2.53. The Kier molecular flexibility index (Phi) is 8.88. The molecule has 4 atom stereocenters. The van der Waals surface area contributed by atoms with Crippen LogP contribution in [0.5, 0.6) is 0 Å². The van der Waals surface area contributed by atoms with Gasteiger partial charge in [0.05, 0.1) is 29.9 Å². The van der Waals surface area contributed by atoms with Crippen molar-refractivity contribution in [3.63, 3.8) is 0 Å². The number of aliphatic hydroxyl groups is 2. The van der Waals surface area contributed by atoms with Crippen LogP contribution in [0.3, 0.4) is 0 Å². The van der Waals surface area contributed by atoms with Gasteiger partial charge in [-0.25, -0.2) is 0 Å². The topological polar surface area (TPSA) is 133 Å². The molecule has 0 radical (unpaired) electrons. The molecule has 232 valence electrons. The molecule has 4 N–H and O–H groups in total. The van der Waals surface area contributed by atoms with Crippen molar-refractivity contribution in [2.24, 2.45) is 5.92 Å². The number of hydrogen-bond acceptors (Lipinski definition) is 7. The lowest BCUT2D eigenvalue weighted by atomic mass is 9.82. The molecule has 10 heteroatoms. The number of aryl methyl sites for hydroxylation is 1. The Balaban J connectivity index is 1.20. The number of benzene rings is 3. The monoisotopic (exact) mass is 606 g/mol. The number of aliphatic hydroxyl groups excluding tert-OH is 1. The lowest BCUT2D eigenvalue weighted by Crippen LogP contribution is -2.42. The molecule has 0 spiro atoms. The van der Waals surface area contributed by atoms with Crippen LogP contribution in [0.25, 0.3) is 0 Å². The second-order valence-electron chi connectivity index (χ2n) is 11.7. The standard InChI is InChI=1S/C35H38N6O4/c1-24(11-8-9-20-40-22-31(38-39-40)28(23-42)25-12-4-2-5-13-25)35(45)29-21-26(37-33(43)30-16-10-19-36-30)17-18-32(29)41(34(35)44)27-14-6-3-7-15-27/h2-8,11-15,17-18,21-22,24,28,30,36,42,45H,9-10,16,19-20,23H2,1H3,(H,37,43)/b11-8+/t24-,28?,30+,35+/m0/s1. The van der Waals surface area contributed by atoms with Crippen LogP contribution in [0.1, 0.15) is 48.9 Å². The molecule has 4 aromatic rings. The fraction of sp³-hybridized carbons (Fsp3) is 0.314. The summed E-state index contributed by atoms with van der Waals surface area (Å²) in [6.07, 6.45) is 7.92. The Labute approximate surface area is 262 Å². The summed E-state index contributed by atoms with van der Waals surface area (Å²) in [5, 5.41) is 36.8. The van der Waals surface area contributed by atoms with Crippen LogP contribution in [0, 0.1) is 5.92 Å². The Hall–Kier alpha value is -4.64. The van der Waals surface area contributed by atoms with Gasteiger partial charge in [-0.05, 0) is 61.7 Å². The summed E-state index contributed by atoms with van der Waals surface area (Å²) >= 11 is 0. The van der Waals surface area contributed by atoms with Crippen molar-refractivity contribution in [1.82, 2.24) is 20.3 Å². The number of carbonyl (C=O) groups excluding carboxylic acids is 2. The van der Waals surface area contributed by atoms with E-state index in [9.17, 15) is 19.8 Å². The number of rotatable bonds is 11. The molecular formula is C35H38N6O4. The molecule has 10 nitrogen and oxygen atoms in total. The molecule has 3 aromatic carbocycles. The summed E-state index contributed by atoms with van der Waals surface area (Å²) in [5.41, 5.74) is 2.03. The fourth-order valence-corrected chi connectivity index (χ4v) is 6.20. The first-order chi connectivity index (χ1) is 21.9. The van der Waals surface area contributed by atoms with Crippen LogP contribution in [-0.2, 0) is 21.7 Å². The number of amides is 2. The summed E-state index contributed by atoms with van der Waals surface area (Å²) in [4.78, 5) is 28.4. The first-order valence-electron chi connectivity index (χ1n) is 15.4. The van der Waals surface area contributed by atoms with E-state index in [0.717, 1.165) is 24.9 Å². The maximum absolute atomic E-state index is 14.0. The van der Waals surface area contributed by atoms with Gasteiger partial charge in [0, 0.05) is 35.6 Å². The van der Waals surface area contributed by atoms with E-state index >= 15 is 0 Å². The molecule has 2 aliphatic rings. The Morgan fingerprint density at radius 2 is 1.89 bits per heavy atom. The average Bonchev–Trinajstić information content (AvgIpc) is 3.82. The van der Waals surface area contributed by atoms with E-state index in [0.29, 0.717) is 41.3 Å². The zero-order valence-corrected chi connectivity index (χ0v) is 25.2. The molecule has 2 aliphatic heterocycles. The molecule has 0 saturated carbocycles. The zero-order valence-electron chi connectivity index (χ0n) is 25.2. The van der Waals surface area contributed by atoms with Crippen molar-refractivity contribution in [2.75, 3.05) is 23.4 Å². The number of nitrogens with zero attached hydrogens (tertiary/aromatic N) is 4. The van der Waals surface area contributed by atoms with Crippen LogP contribution in [0.4, 0.5) is 17.1 Å². The second-order valence-corrected chi connectivity index (χ2v) is 11.7. The third kappa shape index (κ3) is 6.04. The largest absolute Gasteiger partial charge is 0.395 e. The number of carbonyl (C=O) groups is 2. The van der Waals surface area contributed by atoms with Crippen LogP contribution in [0.2, 0.25) is 0 Å². The quantitative estimate of drug-likeness (QED) is 0.188. The van der Waals surface area contributed by atoms with Crippen molar-refractivity contribution in [3.05, 3.63) is 114 Å². The Morgan fingerprint density at radius 3 is 2.60 bits per heavy atom. The lowest BCUT2D eigenvalue weighted by molar-refractivity contribution is -0.138. The minimum atomic E-state index is -1.85. The number of para-hydroxylation sites is 1. The third-order valence-electron chi connectivity index (χ3n) is 8.74. The molecule has 3 heterocycles. The Bertz CT molecular complexity index is 1670. The highest BCUT2D eigenvalue weighted by molar-refractivity contribution is 6.12. The first-order valence-corrected chi connectivity index (χ1v) is 15.4. The van der Waals surface area contributed by atoms with Crippen LogP contribution < -0.4 is 15.5 Å². The number of nitrogens with one attached hydrogen (secondary N) is 2. The molecule has 1 unspecified atom stereocenters. The maximum Gasteiger partial charge on any atom is 0.268 e. The van der Waals surface area contributed by atoms with E-state index in [1.807, 2.05) is 85.9 Å². The first kappa shape index (κ1) is 30.4. The summed E-state index contributed by atoms with van der Waals surface area (Å²) in [6, 6.07) is 24.0. The van der Waals surface area contributed by atoms with E-state index in [4.69, 9.17) is 0 Å². The molecule has 1 aromatic heterocycles. The van der Waals surface area contributed by atoms with Gasteiger partial charge in [0.25, 0.3) is 5.91 Å². The van der Waals surface area contributed by atoms with E-state index in [1.54, 1.807) is 27.8 Å². The summed E-state index contributed by atoms with van der Waals surface area (Å²) in [6.45, 7) is 3.09. The summed E-state index contributed by atoms with van der Waals surface area (Å²) in [5.74, 6) is -1.41. The second kappa shape index (κ2) is 13.2. The van der Waals surface area contributed by atoms with Gasteiger partial charge in [-0.15, -0.1) is 5.10 Å². The van der Waals surface area contributed by atoms with E-state index in [2.05, 4.69) is 20.9 Å². The summed E-state index contributed by atoms with van der Waals surface area (Å²) in [7, 11) is 0. The van der Waals surface area contributed by atoms with Gasteiger partial charge in [0.15, 0.2) is 5.60 Å². The molecular weight excluding hydrogens is 568 g/mol. The van der Waals surface area contributed by atoms with E-state index in [1.165, 1.54) is 0 Å². The number of allylic oxidation sites excluding steroid dienone is 1. The molecule has 6 rings (SSSR count). The van der Waals surface area contributed by atoms with Crippen LogP contribution in [-0.4, -0.2) is 56.2 Å². The Morgan fingerprint density at radius 1 is 1.13 bits per heavy atom. The van der Waals surface area contributed by atoms with Gasteiger partial charge in [0.2, 0.25) is 5.91 Å². The van der Waals surface area contributed by atoms with Gasteiger partial charge in [-0.1, -0.05) is 72.8 Å². The molecule has 1 fully saturated rings. The van der Waals surface area contributed by atoms with Crippen LogP contribution in [0.15, 0.2) is 97.2 Å². The van der Waals surface area contributed by atoms with Crippen molar-refractivity contribution >= 4 is 28.9 Å². The number of fused-ring (bicyclic) bond motifs is 1. The highest BCUT2D eigenvalue weighted by atomic mass is 16.3. The number of aromatic nitrogens is 3. The molecule has 0 aliphatic carbocycles. The van der Waals surface area contributed by atoms with Crippen molar-refractivity contribution < 1.29 is 19.8 Å². The molecule has 45 heavy (non-hydrogen) atoms. The predicted octanol–water partition coefficient (Wildman–Crippen LogP) is 4.24. The molecule has 0 bridgehead atoms.